The van der Waals surface area contributed by atoms with Crippen LogP contribution in [0.4, 0.5) is 11.4 Å². The molecular formula is C18H23N3O2S. The molecule has 0 bridgehead atoms. The predicted molar refractivity (Wildman–Crippen MR) is 98.6 cm³/mol. The summed E-state index contributed by atoms with van der Waals surface area (Å²) in [6.45, 7) is 3.26. The standard InChI is InChI=1S/C18H23N3O2S/c19-17-5-4-16(11-18(17)20)24-15-3-1-2-13(10-15)22-8-6-14-12-21-7-9-23-14/h1-5,10-11,14,21H,6-9,12,19-20H2. The van der Waals surface area contributed by atoms with Crippen LogP contribution in [0.5, 0.6) is 5.75 Å². The van der Waals surface area contributed by atoms with E-state index >= 15 is 0 Å². The Kier molecular flexibility index (Phi) is 5.85. The summed E-state index contributed by atoms with van der Waals surface area (Å²) in [4.78, 5) is 2.16. The molecule has 0 spiro atoms. The molecule has 0 radical (unpaired) electrons. The van der Waals surface area contributed by atoms with Gasteiger partial charge in [-0.2, -0.15) is 0 Å². The highest BCUT2D eigenvalue weighted by atomic mass is 32.2. The minimum Gasteiger partial charge on any atom is -0.493 e. The summed E-state index contributed by atoms with van der Waals surface area (Å²) < 4.78 is 11.5. The second kappa shape index (κ2) is 8.28. The highest BCUT2D eigenvalue weighted by Crippen LogP contribution is 2.32. The maximum atomic E-state index is 5.86. The fourth-order valence-electron chi connectivity index (χ4n) is 2.49. The molecule has 2 aromatic rings. The van der Waals surface area contributed by atoms with E-state index in [4.69, 9.17) is 20.9 Å². The van der Waals surface area contributed by atoms with Gasteiger partial charge in [0, 0.05) is 29.3 Å². The van der Waals surface area contributed by atoms with Crippen molar-refractivity contribution >= 4 is 23.1 Å². The van der Waals surface area contributed by atoms with E-state index in [-0.39, 0.29) is 6.10 Å². The topological polar surface area (TPSA) is 82.5 Å². The average molecular weight is 345 g/mol. The van der Waals surface area contributed by atoms with Crippen molar-refractivity contribution < 1.29 is 9.47 Å². The summed E-state index contributed by atoms with van der Waals surface area (Å²) in [5, 5.41) is 3.33. The number of morpholine rings is 1. The molecule has 0 aliphatic carbocycles. The minimum atomic E-state index is 0.245. The Hall–Kier alpha value is -1.89. The molecule has 1 fully saturated rings. The molecule has 1 unspecified atom stereocenters. The third kappa shape index (κ3) is 4.80. The minimum absolute atomic E-state index is 0.245. The Morgan fingerprint density at radius 2 is 2.00 bits per heavy atom. The summed E-state index contributed by atoms with van der Waals surface area (Å²) >= 11 is 1.64. The smallest absolute Gasteiger partial charge is 0.120 e. The zero-order valence-corrected chi connectivity index (χ0v) is 14.4. The number of nitrogen functional groups attached to an aromatic ring is 2. The highest BCUT2D eigenvalue weighted by Gasteiger charge is 2.13. The van der Waals surface area contributed by atoms with E-state index in [2.05, 4.69) is 11.4 Å². The summed E-state index contributed by atoms with van der Waals surface area (Å²) in [6.07, 6.45) is 1.13. The monoisotopic (exact) mass is 345 g/mol. The quantitative estimate of drug-likeness (QED) is 0.698. The van der Waals surface area contributed by atoms with E-state index in [1.807, 2.05) is 36.4 Å². The van der Waals surface area contributed by atoms with Crippen molar-refractivity contribution in [1.82, 2.24) is 5.32 Å². The Balaban J connectivity index is 1.54. The summed E-state index contributed by atoms with van der Waals surface area (Å²) in [5.41, 5.74) is 12.8. The van der Waals surface area contributed by atoms with Crippen molar-refractivity contribution in [3.8, 4) is 5.75 Å². The predicted octanol–water partition coefficient (Wildman–Crippen LogP) is 2.76. The van der Waals surface area contributed by atoms with Crippen LogP contribution in [0.2, 0.25) is 0 Å². The number of benzene rings is 2. The van der Waals surface area contributed by atoms with Crippen molar-refractivity contribution in [2.24, 2.45) is 0 Å². The number of hydrogen-bond donors (Lipinski definition) is 3. The summed E-state index contributed by atoms with van der Waals surface area (Å²) in [7, 11) is 0. The number of nitrogens with two attached hydrogens (primary N) is 2. The molecule has 5 N–H and O–H groups in total. The molecular weight excluding hydrogens is 322 g/mol. The van der Waals surface area contributed by atoms with Crippen LogP contribution >= 0.6 is 11.8 Å². The third-order valence-corrected chi connectivity index (χ3v) is 4.79. The van der Waals surface area contributed by atoms with E-state index in [0.717, 1.165) is 41.7 Å². The number of hydrogen-bond acceptors (Lipinski definition) is 6. The van der Waals surface area contributed by atoms with Crippen LogP contribution in [0.25, 0.3) is 0 Å². The van der Waals surface area contributed by atoms with Crippen LogP contribution < -0.4 is 21.5 Å². The molecule has 1 heterocycles. The third-order valence-electron chi connectivity index (χ3n) is 3.81. The summed E-state index contributed by atoms with van der Waals surface area (Å²) in [6, 6.07) is 13.8. The van der Waals surface area contributed by atoms with Gasteiger partial charge in [0.2, 0.25) is 0 Å². The lowest BCUT2D eigenvalue weighted by Crippen LogP contribution is -2.39. The van der Waals surface area contributed by atoms with Gasteiger partial charge in [-0.05, 0) is 36.4 Å². The van der Waals surface area contributed by atoms with E-state index in [9.17, 15) is 0 Å². The van der Waals surface area contributed by atoms with Crippen LogP contribution in [0.1, 0.15) is 6.42 Å². The van der Waals surface area contributed by atoms with Gasteiger partial charge in [-0.1, -0.05) is 17.8 Å². The number of rotatable bonds is 6. The first-order valence-electron chi connectivity index (χ1n) is 8.09. The maximum Gasteiger partial charge on any atom is 0.120 e. The van der Waals surface area contributed by atoms with Gasteiger partial charge in [-0.3, -0.25) is 0 Å². The Labute approximate surface area is 146 Å². The number of anilines is 2. The molecule has 128 valence electrons. The van der Waals surface area contributed by atoms with E-state index in [1.54, 1.807) is 11.8 Å². The molecule has 6 heteroatoms. The van der Waals surface area contributed by atoms with Crippen LogP contribution in [-0.4, -0.2) is 32.4 Å². The molecule has 5 nitrogen and oxygen atoms in total. The van der Waals surface area contributed by atoms with Crippen LogP contribution in [0.15, 0.2) is 52.3 Å². The maximum absolute atomic E-state index is 5.86. The fraction of sp³-hybridized carbons (Fsp3) is 0.333. The van der Waals surface area contributed by atoms with Crippen molar-refractivity contribution in [3.63, 3.8) is 0 Å². The molecule has 1 saturated heterocycles. The molecule has 1 aliphatic heterocycles. The SMILES string of the molecule is Nc1ccc(Sc2cccc(OCCC3CNCCO3)c2)cc1N. The molecule has 0 aromatic heterocycles. The van der Waals surface area contributed by atoms with Gasteiger partial charge in [-0.15, -0.1) is 0 Å². The van der Waals surface area contributed by atoms with Gasteiger partial charge >= 0.3 is 0 Å². The largest absolute Gasteiger partial charge is 0.493 e. The second-order valence-corrected chi connectivity index (χ2v) is 6.85. The van der Waals surface area contributed by atoms with Crippen LogP contribution in [0.3, 0.4) is 0 Å². The first kappa shape index (κ1) is 17.0. The van der Waals surface area contributed by atoms with Gasteiger partial charge in [-0.25, -0.2) is 0 Å². The lowest BCUT2D eigenvalue weighted by molar-refractivity contribution is 0.0159. The van der Waals surface area contributed by atoms with Gasteiger partial charge in [0.25, 0.3) is 0 Å². The Morgan fingerprint density at radius 3 is 2.79 bits per heavy atom. The molecule has 2 aromatic carbocycles. The highest BCUT2D eigenvalue weighted by molar-refractivity contribution is 7.99. The van der Waals surface area contributed by atoms with E-state index < -0.39 is 0 Å². The fourth-order valence-corrected chi connectivity index (χ4v) is 3.41. The molecule has 0 amide bonds. The van der Waals surface area contributed by atoms with Crippen molar-refractivity contribution in [3.05, 3.63) is 42.5 Å². The summed E-state index contributed by atoms with van der Waals surface area (Å²) in [5.74, 6) is 0.868. The molecule has 3 rings (SSSR count). The van der Waals surface area contributed by atoms with Gasteiger partial charge in [0.15, 0.2) is 0 Å². The number of ether oxygens (including phenoxy) is 2. The van der Waals surface area contributed by atoms with Crippen LogP contribution in [-0.2, 0) is 4.74 Å². The second-order valence-electron chi connectivity index (χ2n) is 5.70. The zero-order valence-electron chi connectivity index (χ0n) is 13.5. The van der Waals surface area contributed by atoms with Gasteiger partial charge in [0.05, 0.1) is 30.7 Å². The first-order valence-corrected chi connectivity index (χ1v) is 8.90. The lowest BCUT2D eigenvalue weighted by Gasteiger charge is -2.23. The Bertz CT molecular complexity index is 675. The average Bonchev–Trinajstić information content (AvgIpc) is 2.60. The van der Waals surface area contributed by atoms with Crippen LogP contribution in [0, 0.1) is 0 Å². The molecule has 1 aliphatic rings. The van der Waals surface area contributed by atoms with Gasteiger partial charge < -0.3 is 26.3 Å². The molecule has 0 saturated carbocycles. The van der Waals surface area contributed by atoms with E-state index in [0.29, 0.717) is 18.0 Å². The van der Waals surface area contributed by atoms with Crippen molar-refractivity contribution in [2.75, 3.05) is 37.8 Å². The zero-order chi connectivity index (χ0) is 16.8. The normalized spacial score (nSPS) is 17.6. The van der Waals surface area contributed by atoms with Crippen molar-refractivity contribution in [1.29, 1.82) is 0 Å². The van der Waals surface area contributed by atoms with Gasteiger partial charge in [0.1, 0.15) is 5.75 Å². The van der Waals surface area contributed by atoms with E-state index in [1.165, 1.54) is 0 Å². The lowest BCUT2D eigenvalue weighted by atomic mass is 10.2. The molecule has 24 heavy (non-hydrogen) atoms. The molecule has 1 atom stereocenters. The Morgan fingerprint density at radius 1 is 1.12 bits per heavy atom. The van der Waals surface area contributed by atoms with Crippen molar-refractivity contribution in [2.45, 2.75) is 22.3 Å². The first-order chi connectivity index (χ1) is 11.7. The number of nitrogens with one attached hydrogen (secondary N) is 1.